The fourth-order valence-corrected chi connectivity index (χ4v) is 2.12. The van der Waals surface area contributed by atoms with Crippen LogP contribution in [0.3, 0.4) is 0 Å². The predicted molar refractivity (Wildman–Crippen MR) is 58.4 cm³/mol. The summed E-state index contributed by atoms with van der Waals surface area (Å²) in [5.41, 5.74) is 3.37. The Morgan fingerprint density at radius 3 is 2.60 bits per heavy atom. The molecule has 15 heavy (non-hydrogen) atoms. The Balaban J connectivity index is 3.06. The summed E-state index contributed by atoms with van der Waals surface area (Å²) in [6.45, 7) is 0.402. The molecule has 0 unspecified atom stereocenters. The molecule has 0 aromatic heterocycles. The van der Waals surface area contributed by atoms with Crippen molar-refractivity contribution in [2.45, 2.75) is 11.4 Å². The third kappa shape index (κ3) is 3.79. The molecule has 0 aliphatic rings. The molecule has 1 N–H and O–H groups in total. The van der Waals surface area contributed by atoms with Crippen LogP contribution in [0.2, 0.25) is 5.02 Å². The van der Waals surface area contributed by atoms with E-state index < -0.39 is 9.84 Å². The average Bonchev–Trinajstić information content (AvgIpc) is 2.12. The number of hydroxylamine groups is 1. The predicted octanol–water partition coefficient (Wildman–Crippen LogP) is 1.39. The fourth-order valence-electron chi connectivity index (χ4n) is 1.09. The van der Waals surface area contributed by atoms with Crippen molar-refractivity contribution in [1.29, 1.82) is 0 Å². The van der Waals surface area contributed by atoms with E-state index in [0.717, 1.165) is 11.8 Å². The normalized spacial score (nSPS) is 11.7. The first-order chi connectivity index (χ1) is 6.93. The van der Waals surface area contributed by atoms with E-state index in [1.807, 2.05) is 0 Å². The van der Waals surface area contributed by atoms with E-state index in [2.05, 4.69) is 10.3 Å². The zero-order valence-electron chi connectivity index (χ0n) is 8.45. The van der Waals surface area contributed by atoms with Gasteiger partial charge in [-0.3, -0.25) is 0 Å². The number of hydrogen-bond donors (Lipinski definition) is 1. The van der Waals surface area contributed by atoms with Crippen molar-refractivity contribution in [3.05, 3.63) is 28.8 Å². The van der Waals surface area contributed by atoms with Gasteiger partial charge in [-0.2, -0.15) is 5.48 Å². The third-order valence-corrected chi connectivity index (χ3v) is 3.09. The van der Waals surface area contributed by atoms with Gasteiger partial charge in [0.15, 0.2) is 9.84 Å². The van der Waals surface area contributed by atoms with Gasteiger partial charge in [-0.05, 0) is 23.8 Å². The molecule has 0 spiro atoms. The van der Waals surface area contributed by atoms with Crippen molar-refractivity contribution in [2.24, 2.45) is 0 Å². The van der Waals surface area contributed by atoms with E-state index in [-0.39, 0.29) is 4.90 Å². The summed E-state index contributed by atoms with van der Waals surface area (Å²) < 4.78 is 22.6. The highest BCUT2D eigenvalue weighted by Gasteiger charge is 2.09. The minimum Gasteiger partial charge on any atom is -0.305 e. The molecule has 0 heterocycles. The van der Waals surface area contributed by atoms with Gasteiger partial charge in [0.05, 0.1) is 12.0 Å². The van der Waals surface area contributed by atoms with E-state index in [1.165, 1.54) is 13.2 Å². The van der Waals surface area contributed by atoms with Crippen LogP contribution in [-0.2, 0) is 21.2 Å². The molecule has 84 valence electrons. The van der Waals surface area contributed by atoms with Gasteiger partial charge in [-0.1, -0.05) is 11.6 Å². The van der Waals surface area contributed by atoms with Gasteiger partial charge in [0.25, 0.3) is 0 Å². The minimum atomic E-state index is -3.23. The van der Waals surface area contributed by atoms with Crippen molar-refractivity contribution in [3.8, 4) is 0 Å². The van der Waals surface area contributed by atoms with E-state index >= 15 is 0 Å². The highest BCUT2D eigenvalue weighted by Crippen LogP contribution is 2.18. The topological polar surface area (TPSA) is 55.4 Å². The molecule has 0 bridgehead atoms. The molecule has 4 nitrogen and oxygen atoms in total. The van der Waals surface area contributed by atoms with E-state index in [4.69, 9.17) is 11.6 Å². The molecular formula is C9H12ClNO3S. The van der Waals surface area contributed by atoms with Crippen LogP contribution in [-0.4, -0.2) is 21.8 Å². The highest BCUT2D eigenvalue weighted by atomic mass is 35.5. The second kappa shape index (κ2) is 4.94. The van der Waals surface area contributed by atoms with Crippen molar-refractivity contribution in [1.82, 2.24) is 5.48 Å². The minimum absolute atomic E-state index is 0.211. The number of benzene rings is 1. The lowest BCUT2D eigenvalue weighted by molar-refractivity contribution is 0.0867. The Kier molecular flexibility index (Phi) is 4.10. The maximum absolute atomic E-state index is 11.3. The quantitative estimate of drug-likeness (QED) is 0.820. The first kappa shape index (κ1) is 12.4. The molecule has 1 aromatic carbocycles. The lowest BCUT2D eigenvalue weighted by atomic mass is 10.2. The first-order valence-corrected chi connectivity index (χ1v) is 6.46. The summed E-state index contributed by atoms with van der Waals surface area (Å²) in [7, 11) is -1.74. The molecule has 0 amide bonds. The zero-order valence-corrected chi connectivity index (χ0v) is 10.0. The van der Waals surface area contributed by atoms with Crippen LogP contribution < -0.4 is 5.48 Å². The average molecular weight is 250 g/mol. The maximum Gasteiger partial charge on any atom is 0.175 e. The van der Waals surface area contributed by atoms with Gasteiger partial charge in [0, 0.05) is 17.8 Å². The molecule has 1 rings (SSSR count). The van der Waals surface area contributed by atoms with Gasteiger partial charge < -0.3 is 4.84 Å². The number of rotatable bonds is 4. The molecule has 0 radical (unpaired) electrons. The highest BCUT2D eigenvalue weighted by molar-refractivity contribution is 7.90. The van der Waals surface area contributed by atoms with Crippen LogP contribution in [0.15, 0.2) is 23.1 Å². The van der Waals surface area contributed by atoms with Gasteiger partial charge in [-0.25, -0.2) is 8.42 Å². The molecule has 6 heteroatoms. The zero-order chi connectivity index (χ0) is 11.5. The second-order valence-corrected chi connectivity index (χ2v) is 5.54. The van der Waals surface area contributed by atoms with Crippen molar-refractivity contribution < 1.29 is 13.3 Å². The lowest BCUT2D eigenvalue weighted by Crippen LogP contribution is -2.11. The third-order valence-electron chi connectivity index (χ3n) is 1.78. The summed E-state index contributed by atoms with van der Waals surface area (Å²) in [5, 5.41) is 0.394. The van der Waals surface area contributed by atoms with E-state index in [0.29, 0.717) is 11.6 Å². The van der Waals surface area contributed by atoms with Crippen molar-refractivity contribution >= 4 is 21.4 Å². The van der Waals surface area contributed by atoms with Gasteiger partial charge in [0.1, 0.15) is 0 Å². The van der Waals surface area contributed by atoms with Crippen LogP contribution in [0.1, 0.15) is 5.56 Å². The summed E-state index contributed by atoms with van der Waals surface area (Å²) >= 11 is 5.80. The Morgan fingerprint density at radius 1 is 1.40 bits per heavy atom. The summed E-state index contributed by atoms with van der Waals surface area (Å²) in [6.07, 6.45) is 1.15. The van der Waals surface area contributed by atoms with E-state index in [1.54, 1.807) is 12.1 Å². The molecule has 0 saturated carbocycles. The number of nitrogens with one attached hydrogen (secondary N) is 1. The van der Waals surface area contributed by atoms with Crippen molar-refractivity contribution in [3.63, 3.8) is 0 Å². The van der Waals surface area contributed by atoms with Crippen LogP contribution in [0, 0.1) is 0 Å². The molecule has 0 atom stereocenters. The van der Waals surface area contributed by atoms with Crippen molar-refractivity contribution in [2.75, 3.05) is 13.4 Å². The molecule has 1 aromatic rings. The Hall–Kier alpha value is -0.620. The number of sulfone groups is 1. The molecule has 0 saturated heterocycles. The Bertz CT molecular complexity index is 445. The molecule has 0 aliphatic heterocycles. The van der Waals surface area contributed by atoms with Gasteiger partial charge in [0.2, 0.25) is 0 Å². The molecule has 0 aliphatic carbocycles. The summed E-state index contributed by atoms with van der Waals surface area (Å²) in [4.78, 5) is 4.88. The number of halogens is 1. The van der Waals surface area contributed by atoms with Crippen LogP contribution in [0.4, 0.5) is 0 Å². The summed E-state index contributed by atoms with van der Waals surface area (Å²) in [5.74, 6) is 0. The Morgan fingerprint density at radius 2 is 2.07 bits per heavy atom. The smallest absolute Gasteiger partial charge is 0.175 e. The van der Waals surface area contributed by atoms with Crippen LogP contribution in [0.5, 0.6) is 0 Å². The van der Waals surface area contributed by atoms with Crippen LogP contribution >= 0.6 is 11.6 Å². The van der Waals surface area contributed by atoms with Gasteiger partial charge in [-0.15, -0.1) is 0 Å². The first-order valence-electron chi connectivity index (χ1n) is 4.19. The molecular weight excluding hydrogens is 238 g/mol. The monoisotopic (exact) mass is 249 g/mol. The Labute approximate surface area is 94.1 Å². The SMILES string of the molecule is CONCc1cc(Cl)cc(S(C)(=O)=O)c1. The lowest BCUT2D eigenvalue weighted by Gasteiger charge is -2.05. The summed E-state index contributed by atoms with van der Waals surface area (Å²) in [6, 6.07) is 4.67. The molecule has 0 fully saturated rings. The van der Waals surface area contributed by atoms with E-state index in [9.17, 15) is 8.42 Å². The maximum atomic E-state index is 11.3. The standard InChI is InChI=1S/C9H12ClNO3S/c1-14-11-6-7-3-8(10)5-9(4-7)15(2,12)13/h3-5,11H,6H2,1-2H3. The van der Waals surface area contributed by atoms with Crippen LogP contribution in [0.25, 0.3) is 0 Å². The second-order valence-electron chi connectivity index (χ2n) is 3.09. The number of hydrogen-bond acceptors (Lipinski definition) is 4. The largest absolute Gasteiger partial charge is 0.305 e. The fraction of sp³-hybridized carbons (Fsp3) is 0.333. The van der Waals surface area contributed by atoms with Gasteiger partial charge >= 0.3 is 0 Å².